The molecule has 2 rings (SSSR count). The first-order valence-electron chi connectivity index (χ1n) is 7.65. The van der Waals surface area contributed by atoms with Crippen molar-refractivity contribution in [1.82, 2.24) is 4.90 Å². The first-order valence-corrected chi connectivity index (χ1v) is 7.65. The Morgan fingerprint density at radius 1 is 1.14 bits per heavy atom. The molecule has 1 aliphatic heterocycles. The minimum absolute atomic E-state index is 0.0773. The lowest BCUT2D eigenvalue weighted by Crippen LogP contribution is -2.49. The molecule has 7 heteroatoms. The van der Waals surface area contributed by atoms with Crippen molar-refractivity contribution in [2.75, 3.05) is 13.1 Å². The minimum atomic E-state index is -1.21. The molecule has 1 saturated heterocycles. The van der Waals surface area contributed by atoms with Gasteiger partial charge in [0.25, 0.3) is 0 Å². The third kappa shape index (κ3) is 4.07. The number of amides is 1. The number of carboxylic acids is 1. The fourth-order valence-corrected chi connectivity index (χ4v) is 3.17. The standard InChI is InChI=1S/C15H22N2O5/c16-14(15(21)17-8-1-2-9-17)10-4-3-5-11(10)22-13(20)7-6-12(18)19/h6-7,10-11,14H,1-5,8-9,16H2,(H,18,19)/t10-,11+,14+/m0/s1. The van der Waals surface area contributed by atoms with Gasteiger partial charge in [0, 0.05) is 31.2 Å². The summed E-state index contributed by atoms with van der Waals surface area (Å²) in [4.78, 5) is 36.1. The van der Waals surface area contributed by atoms with E-state index in [1.165, 1.54) is 0 Å². The predicted octanol–water partition coefficient (Wildman–Crippen LogP) is 0.289. The molecule has 0 spiro atoms. The number of likely N-dealkylation sites (tertiary alicyclic amines) is 1. The molecule has 0 aromatic rings. The second-order valence-electron chi connectivity index (χ2n) is 5.80. The number of carbonyl (C=O) groups is 3. The van der Waals surface area contributed by atoms with Gasteiger partial charge in [-0.1, -0.05) is 0 Å². The summed E-state index contributed by atoms with van der Waals surface area (Å²) in [6.07, 6.45) is 5.43. The molecule has 2 fully saturated rings. The number of carboxylic acid groups (broad SMARTS) is 1. The van der Waals surface area contributed by atoms with Crippen LogP contribution in [0.1, 0.15) is 32.1 Å². The van der Waals surface area contributed by atoms with Crippen LogP contribution in [0.15, 0.2) is 12.2 Å². The topological polar surface area (TPSA) is 110 Å². The van der Waals surface area contributed by atoms with Crippen molar-refractivity contribution >= 4 is 17.8 Å². The second kappa shape index (κ2) is 7.40. The first kappa shape index (κ1) is 16.5. The van der Waals surface area contributed by atoms with E-state index in [0.29, 0.717) is 6.42 Å². The summed E-state index contributed by atoms with van der Waals surface area (Å²) in [5.74, 6) is -2.19. The fourth-order valence-electron chi connectivity index (χ4n) is 3.17. The van der Waals surface area contributed by atoms with E-state index in [9.17, 15) is 14.4 Å². The highest BCUT2D eigenvalue weighted by Crippen LogP contribution is 2.31. The SMILES string of the molecule is N[C@@H](C(=O)N1CCCC1)[C@H]1CCC[C@H]1OC(=O)C=CC(=O)O. The maximum atomic E-state index is 12.3. The monoisotopic (exact) mass is 310 g/mol. The van der Waals surface area contributed by atoms with Crippen molar-refractivity contribution in [2.24, 2.45) is 11.7 Å². The summed E-state index contributed by atoms with van der Waals surface area (Å²) in [5.41, 5.74) is 6.10. The molecule has 1 heterocycles. The maximum absolute atomic E-state index is 12.3. The zero-order chi connectivity index (χ0) is 16.1. The fraction of sp³-hybridized carbons (Fsp3) is 0.667. The summed E-state index contributed by atoms with van der Waals surface area (Å²) in [5, 5.41) is 8.49. The Morgan fingerprint density at radius 2 is 1.82 bits per heavy atom. The van der Waals surface area contributed by atoms with Gasteiger partial charge in [-0.2, -0.15) is 0 Å². The number of rotatable bonds is 5. The van der Waals surface area contributed by atoms with E-state index in [1.54, 1.807) is 4.90 Å². The summed E-state index contributed by atoms with van der Waals surface area (Å²) in [6, 6.07) is -0.665. The zero-order valence-corrected chi connectivity index (χ0v) is 12.4. The van der Waals surface area contributed by atoms with E-state index in [0.717, 1.165) is 50.9 Å². The smallest absolute Gasteiger partial charge is 0.331 e. The summed E-state index contributed by atoms with van der Waals surface area (Å²) in [6.45, 7) is 1.48. The van der Waals surface area contributed by atoms with Gasteiger partial charge in [-0.3, -0.25) is 4.79 Å². The first-order chi connectivity index (χ1) is 10.5. The number of hydrogen-bond acceptors (Lipinski definition) is 5. The molecular formula is C15H22N2O5. The Bertz CT molecular complexity index is 471. The Balaban J connectivity index is 1.93. The number of ether oxygens (including phenoxy) is 1. The molecule has 7 nitrogen and oxygen atoms in total. The number of carbonyl (C=O) groups excluding carboxylic acids is 2. The third-order valence-electron chi connectivity index (χ3n) is 4.30. The van der Waals surface area contributed by atoms with Crippen LogP contribution in [0.25, 0.3) is 0 Å². The number of nitrogens with two attached hydrogens (primary N) is 1. The van der Waals surface area contributed by atoms with Gasteiger partial charge in [0.05, 0.1) is 6.04 Å². The van der Waals surface area contributed by atoms with Crippen LogP contribution in [0, 0.1) is 5.92 Å². The van der Waals surface area contributed by atoms with E-state index < -0.39 is 24.1 Å². The molecule has 2 aliphatic rings. The number of hydrogen-bond donors (Lipinski definition) is 2. The van der Waals surface area contributed by atoms with Gasteiger partial charge in [-0.05, 0) is 32.1 Å². The van der Waals surface area contributed by atoms with E-state index in [2.05, 4.69) is 0 Å². The van der Waals surface area contributed by atoms with Crippen LogP contribution in [-0.2, 0) is 19.1 Å². The lowest BCUT2D eigenvalue weighted by molar-refractivity contribution is -0.147. The van der Waals surface area contributed by atoms with E-state index in [4.69, 9.17) is 15.6 Å². The molecule has 0 unspecified atom stereocenters. The largest absolute Gasteiger partial charge is 0.478 e. The molecule has 0 bridgehead atoms. The average Bonchev–Trinajstić information content (AvgIpc) is 3.15. The van der Waals surface area contributed by atoms with Crippen molar-refractivity contribution in [3.05, 3.63) is 12.2 Å². The van der Waals surface area contributed by atoms with Crippen LogP contribution in [0.4, 0.5) is 0 Å². The van der Waals surface area contributed by atoms with Crippen LogP contribution >= 0.6 is 0 Å². The molecule has 3 N–H and O–H groups in total. The lowest BCUT2D eigenvalue weighted by atomic mass is 9.95. The molecule has 22 heavy (non-hydrogen) atoms. The van der Waals surface area contributed by atoms with E-state index in [-0.39, 0.29) is 11.8 Å². The van der Waals surface area contributed by atoms with Crippen LogP contribution in [0.2, 0.25) is 0 Å². The Hall–Kier alpha value is -1.89. The minimum Gasteiger partial charge on any atom is -0.478 e. The van der Waals surface area contributed by atoms with Gasteiger partial charge >= 0.3 is 11.9 Å². The number of aliphatic carboxylic acids is 1. The van der Waals surface area contributed by atoms with Crippen molar-refractivity contribution in [3.8, 4) is 0 Å². The molecule has 0 aromatic carbocycles. The van der Waals surface area contributed by atoms with E-state index in [1.807, 2.05) is 0 Å². The summed E-state index contributed by atoms with van der Waals surface area (Å²) in [7, 11) is 0. The maximum Gasteiger partial charge on any atom is 0.331 e. The second-order valence-corrected chi connectivity index (χ2v) is 5.80. The van der Waals surface area contributed by atoms with Crippen molar-refractivity contribution < 1.29 is 24.2 Å². The van der Waals surface area contributed by atoms with Gasteiger partial charge in [0.1, 0.15) is 6.10 Å². The van der Waals surface area contributed by atoms with Gasteiger partial charge < -0.3 is 20.5 Å². The number of nitrogens with zero attached hydrogens (tertiary/aromatic N) is 1. The summed E-state index contributed by atoms with van der Waals surface area (Å²) >= 11 is 0. The van der Waals surface area contributed by atoms with Gasteiger partial charge in [-0.15, -0.1) is 0 Å². The Labute approximate surface area is 129 Å². The van der Waals surface area contributed by atoms with Crippen LogP contribution in [-0.4, -0.2) is 53.1 Å². The highest BCUT2D eigenvalue weighted by molar-refractivity contribution is 5.90. The van der Waals surface area contributed by atoms with Crippen molar-refractivity contribution in [1.29, 1.82) is 0 Å². The average molecular weight is 310 g/mol. The molecule has 3 atom stereocenters. The molecule has 1 amide bonds. The van der Waals surface area contributed by atoms with Crippen molar-refractivity contribution in [3.63, 3.8) is 0 Å². The van der Waals surface area contributed by atoms with Crippen molar-refractivity contribution in [2.45, 2.75) is 44.2 Å². The van der Waals surface area contributed by atoms with Crippen LogP contribution in [0.5, 0.6) is 0 Å². The predicted molar refractivity (Wildman–Crippen MR) is 77.8 cm³/mol. The number of esters is 1. The summed E-state index contributed by atoms with van der Waals surface area (Å²) < 4.78 is 5.27. The third-order valence-corrected chi connectivity index (χ3v) is 4.30. The van der Waals surface area contributed by atoms with Gasteiger partial charge in [0.2, 0.25) is 5.91 Å². The Morgan fingerprint density at radius 3 is 2.45 bits per heavy atom. The van der Waals surface area contributed by atoms with E-state index >= 15 is 0 Å². The molecule has 0 radical (unpaired) electrons. The highest BCUT2D eigenvalue weighted by atomic mass is 16.5. The van der Waals surface area contributed by atoms with Gasteiger partial charge in [0.15, 0.2) is 0 Å². The highest BCUT2D eigenvalue weighted by Gasteiger charge is 2.39. The molecule has 0 aromatic heterocycles. The van der Waals surface area contributed by atoms with Crippen LogP contribution < -0.4 is 5.73 Å². The zero-order valence-electron chi connectivity index (χ0n) is 12.4. The quantitative estimate of drug-likeness (QED) is 0.558. The molecule has 122 valence electrons. The van der Waals surface area contributed by atoms with Gasteiger partial charge in [-0.25, -0.2) is 9.59 Å². The molecule has 1 aliphatic carbocycles. The van der Waals surface area contributed by atoms with Crippen LogP contribution in [0.3, 0.4) is 0 Å². The molecule has 1 saturated carbocycles. The lowest BCUT2D eigenvalue weighted by Gasteiger charge is -2.28. The normalized spacial score (nSPS) is 26.3. The Kier molecular flexibility index (Phi) is 5.54. The molecular weight excluding hydrogens is 288 g/mol.